The molecule has 0 saturated carbocycles. The topological polar surface area (TPSA) is 60.7 Å². The molecule has 0 aliphatic heterocycles. The summed E-state index contributed by atoms with van der Waals surface area (Å²) in [7, 11) is -1.10. The Hall–Kier alpha value is -6.42. The number of hydrogen-bond acceptors (Lipinski definition) is 3. The summed E-state index contributed by atoms with van der Waals surface area (Å²) in [6.45, 7) is 57.5. The van der Waals surface area contributed by atoms with Gasteiger partial charge in [-0.2, -0.15) is 10.5 Å². The third-order valence-corrected chi connectivity index (χ3v) is 13.8. The van der Waals surface area contributed by atoms with Crippen LogP contribution in [0.15, 0.2) is 91.0 Å². The van der Waals surface area contributed by atoms with E-state index >= 15 is 0 Å². The third kappa shape index (κ3) is 17.6. The van der Waals surface area contributed by atoms with Gasteiger partial charge in [-0.15, -0.1) is 12.0 Å². The van der Waals surface area contributed by atoms with Crippen molar-refractivity contribution in [3.05, 3.63) is 207 Å². The first-order valence-electron chi connectivity index (χ1n) is 24.8. The number of benzene rings is 5. The average molecular weight is 1260 g/mol. The molecule has 0 atom stereocenters. The molecular weight excluding hydrogens is 1190 g/mol. The van der Waals surface area contributed by atoms with E-state index in [-0.39, 0.29) is 21.7 Å². The highest BCUT2D eigenvalue weighted by Crippen LogP contribution is 2.37. The lowest BCUT2D eigenvalue weighted by molar-refractivity contribution is 0.589. The Morgan fingerprint density at radius 2 is 0.697 bits per heavy atom. The molecule has 0 aromatic heterocycles. The Kier molecular flexibility index (Phi) is 20.9. The highest BCUT2D eigenvalue weighted by molar-refractivity contribution is 14.1. The predicted molar refractivity (Wildman–Crippen MR) is 350 cm³/mol. The molecule has 1 aliphatic carbocycles. The van der Waals surface area contributed by atoms with Crippen LogP contribution in [0.5, 0.6) is 0 Å². The fourth-order valence-corrected chi connectivity index (χ4v) is 8.53. The van der Waals surface area contributed by atoms with Gasteiger partial charge in [-0.1, -0.05) is 176 Å². The van der Waals surface area contributed by atoms with Crippen molar-refractivity contribution in [1.29, 1.82) is 10.5 Å². The van der Waals surface area contributed by atoms with E-state index in [1.807, 2.05) is 95.4 Å². The van der Waals surface area contributed by atoms with Gasteiger partial charge in [-0.25, -0.2) is 14.5 Å². The summed E-state index contributed by atoms with van der Waals surface area (Å²) in [5.74, 6) is 0. The number of hydrogen-bond donors (Lipinski definition) is 0. The third-order valence-electron chi connectivity index (χ3n) is 12.3. The van der Waals surface area contributed by atoms with Crippen LogP contribution in [0.3, 0.4) is 0 Å². The Bertz CT molecular complexity index is 3460. The zero-order chi connectivity index (χ0) is 57.1. The van der Waals surface area contributed by atoms with Crippen LogP contribution >= 0.6 is 57.4 Å². The molecule has 384 valence electrons. The first-order valence-corrected chi connectivity index (χ1v) is 31.1. The molecule has 5 nitrogen and oxygen atoms in total. The number of allylic oxidation sites excluding steroid dienone is 2. The van der Waals surface area contributed by atoms with Crippen LogP contribution in [0, 0.1) is 57.9 Å². The Labute approximate surface area is 489 Å². The number of halogens is 2. The van der Waals surface area contributed by atoms with Gasteiger partial charge in [0.2, 0.25) is 0 Å². The van der Waals surface area contributed by atoms with Crippen molar-refractivity contribution >= 4 is 127 Å². The predicted octanol–water partition coefficient (Wildman–Crippen LogP) is 20.1. The molecule has 6 rings (SSSR count). The molecule has 0 radical (unpaired) electrons. The number of thiocarbonyl (C=S) groups is 1. The summed E-state index contributed by atoms with van der Waals surface area (Å²) in [5.41, 5.74) is 15.4. The molecule has 0 unspecified atom stereocenters. The minimum absolute atomic E-state index is 0.272. The van der Waals surface area contributed by atoms with Gasteiger partial charge in [0.25, 0.3) is 0 Å². The molecule has 0 saturated heterocycles. The largest absolute Gasteiger partial charge is 0.238 e. The normalized spacial score (nSPS) is 15.6. The molecule has 9 heteroatoms. The van der Waals surface area contributed by atoms with Crippen molar-refractivity contribution < 1.29 is 0 Å². The number of rotatable bonds is 0. The van der Waals surface area contributed by atoms with E-state index in [1.165, 1.54) is 0 Å². The van der Waals surface area contributed by atoms with E-state index in [0.717, 1.165) is 70.3 Å². The van der Waals surface area contributed by atoms with Crippen molar-refractivity contribution in [2.24, 2.45) is 0 Å². The highest BCUT2D eigenvalue weighted by Gasteiger charge is 2.22. The summed E-state index contributed by atoms with van der Waals surface area (Å²) >= 11 is 8.49. The molecule has 10 bridgehead atoms. The fourth-order valence-electron chi connectivity index (χ4n) is 7.83. The first-order chi connectivity index (χ1) is 35.3. The van der Waals surface area contributed by atoms with Crippen molar-refractivity contribution in [2.45, 2.75) is 124 Å². The molecule has 0 heterocycles. The zero-order valence-electron chi connectivity index (χ0n) is 46.6. The maximum absolute atomic E-state index is 10.9. The number of fused-ring (bicyclic) bond motifs is 10. The maximum atomic E-state index is 10.9. The summed E-state index contributed by atoms with van der Waals surface area (Å²) in [6, 6.07) is 35.3. The van der Waals surface area contributed by atoms with Gasteiger partial charge in [0.15, 0.2) is 17.1 Å². The second-order valence-electron chi connectivity index (χ2n) is 23.9. The summed E-state index contributed by atoms with van der Waals surface area (Å²) < 4.78 is 2.46. The van der Waals surface area contributed by atoms with Crippen LogP contribution in [-0.4, -0.2) is 11.4 Å². The second-order valence-corrected chi connectivity index (χ2v) is 31.6. The monoisotopic (exact) mass is 1260 g/mol. The molecule has 0 amide bonds. The molecule has 0 fully saturated rings. The molecule has 0 N–H and O–H groups in total. The average Bonchev–Trinajstić information content (AvgIpc) is 3.33. The Morgan fingerprint density at radius 1 is 0.461 bits per heavy atom. The minimum Gasteiger partial charge on any atom is -0.238 e. The van der Waals surface area contributed by atoms with Gasteiger partial charge >= 0.3 is 0 Å². The smallest absolute Gasteiger partial charge is 0.194 e. The van der Waals surface area contributed by atoms with Crippen molar-refractivity contribution in [1.82, 2.24) is 0 Å². The maximum Gasteiger partial charge on any atom is 0.194 e. The lowest BCUT2D eigenvalue weighted by Gasteiger charge is -2.22. The minimum atomic E-state index is -1.10. The summed E-state index contributed by atoms with van der Waals surface area (Å²) in [6.07, 6.45) is 14.5. The number of nitrogens with zero attached hydrogens (tertiary/aromatic N) is 5. The van der Waals surface area contributed by atoms with Crippen LogP contribution in [0.2, 0.25) is 19.6 Å². The second kappa shape index (κ2) is 25.6. The van der Waals surface area contributed by atoms with Crippen LogP contribution in [0.4, 0.5) is 0 Å². The van der Waals surface area contributed by atoms with E-state index in [9.17, 15) is 10.5 Å². The van der Waals surface area contributed by atoms with Crippen molar-refractivity contribution in [3.63, 3.8) is 0 Å². The molecule has 5 aromatic carbocycles. The van der Waals surface area contributed by atoms with Gasteiger partial charge in [0.1, 0.15) is 8.07 Å². The number of terminal acetylenes is 1. The van der Waals surface area contributed by atoms with E-state index in [1.54, 1.807) is 3.37 Å². The van der Waals surface area contributed by atoms with Gasteiger partial charge in [0.05, 0.1) is 43.0 Å². The Balaban J connectivity index is 0.00000128. The molecule has 76 heavy (non-hydrogen) atoms. The number of nitriles is 2. The standard InChI is InChI=1S/C61H56IN5.C5H10Si.CHIS/c1-58(2,3)50-23-38-16-43(31-50)48(36-63)22-39-18-45(32-51(24-39)59(4,5)6)55(65-13)28-40-19-46(33-52(25-40)60(7,8)9)56(66-14)29-41-20-47(34-53(26-41)61(10,11)12)57(67-15)30-42-17-44(35-54(62)27-42)49(21-38)37-64;1-5-6(2,3)4;2-1-3/h16-35H,1-12H3;1H,2-4H3;1H/b48-22?,49-21+,55-28-,56-29-,57-30-;;. The lowest BCUT2D eigenvalue weighted by Crippen LogP contribution is -2.15. The van der Waals surface area contributed by atoms with E-state index in [0.29, 0.717) is 39.4 Å². The van der Waals surface area contributed by atoms with Gasteiger partial charge in [-0.3, -0.25) is 0 Å². The fraction of sp³-hybridized carbons (Fsp3) is 0.284. The summed E-state index contributed by atoms with van der Waals surface area (Å²) in [4.78, 5) is 12.3. The van der Waals surface area contributed by atoms with Crippen LogP contribution in [0.1, 0.15) is 161 Å². The molecule has 5 aromatic rings. The molecular formula is C67H67I2N5SSi. The van der Waals surface area contributed by atoms with Crippen LogP contribution in [-0.2, 0) is 21.7 Å². The highest BCUT2D eigenvalue weighted by atomic mass is 127. The Morgan fingerprint density at radius 3 is 0.947 bits per heavy atom. The zero-order valence-corrected chi connectivity index (χ0v) is 52.7. The van der Waals surface area contributed by atoms with E-state index < -0.39 is 8.07 Å². The van der Waals surface area contributed by atoms with Crippen molar-refractivity contribution in [2.75, 3.05) is 0 Å². The molecule has 1 aliphatic rings. The quantitative estimate of drug-likeness (QED) is 0.0388. The van der Waals surface area contributed by atoms with E-state index in [4.69, 9.17) is 26.1 Å². The van der Waals surface area contributed by atoms with Crippen LogP contribution in [0.25, 0.3) is 73.2 Å². The first kappa shape index (κ1) is 62.1. The van der Waals surface area contributed by atoms with Crippen molar-refractivity contribution in [3.8, 4) is 24.1 Å². The summed E-state index contributed by atoms with van der Waals surface area (Å²) in [5, 5.41) is 21.6. The lowest BCUT2D eigenvalue weighted by atomic mass is 9.83. The van der Waals surface area contributed by atoms with Gasteiger partial charge in [0, 0.05) is 6.94 Å². The van der Waals surface area contributed by atoms with Gasteiger partial charge in [-0.05, 0) is 205 Å². The SMILES string of the molecule is C#C[Si](C)(C)C.S=CI.[C-]#[N+]/C1=C\c2cc(cc(C(C)(C)C)c2)/C([N+]#[C-])=C/c2cc(cc(C(C)(C)C)c2)/C([N+]#[C-])=C/c2cc(I)cc(c2)/C(C#N)=C/c2cc(cc(C(C)(C)C)c2)C(C#N)=Cc2cc1cc(C(C)(C)C)c2. The van der Waals surface area contributed by atoms with Crippen LogP contribution < -0.4 is 0 Å². The van der Waals surface area contributed by atoms with Gasteiger partial charge < -0.3 is 0 Å². The molecule has 0 spiro atoms. The van der Waals surface area contributed by atoms with E-state index in [2.05, 4.69) is 218 Å².